The van der Waals surface area contributed by atoms with E-state index in [4.69, 9.17) is 25.4 Å². The zero-order valence-corrected chi connectivity index (χ0v) is 12.3. The molecular formula is C12H19O3PS. The SMILES string of the molecule is CC(C)OP(=S)(Oc1ccccc1)OC(C)C. The zero-order valence-electron chi connectivity index (χ0n) is 10.6. The lowest BCUT2D eigenvalue weighted by atomic mass is 10.3. The van der Waals surface area contributed by atoms with Crippen LogP contribution in [0.5, 0.6) is 5.75 Å². The summed E-state index contributed by atoms with van der Waals surface area (Å²) >= 11 is 5.38. The number of hydrogen-bond donors (Lipinski definition) is 0. The standard InChI is InChI=1S/C12H19O3PS/c1-10(2)13-16(17,14-11(3)4)15-12-8-6-5-7-9-12/h5-11H,1-4H3. The van der Waals surface area contributed by atoms with E-state index < -0.39 is 6.72 Å². The summed E-state index contributed by atoms with van der Waals surface area (Å²) in [5, 5.41) is 0. The summed E-state index contributed by atoms with van der Waals surface area (Å²) in [7, 11) is 0. The molecule has 0 bridgehead atoms. The Balaban J connectivity index is 2.80. The van der Waals surface area contributed by atoms with Crippen molar-refractivity contribution >= 4 is 18.5 Å². The third kappa shape index (κ3) is 5.64. The summed E-state index contributed by atoms with van der Waals surface area (Å²) in [4.78, 5) is 0. The fraction of sp³-hybridized carbons (Fsp3) is 0.500. The van der Waals surface area contributed by atoms with Crippen LogP contribution < -0.4 is 4.52 Å². The molecule has 0 aliphatic carbocycles. The number of benzene rings is 1. The smallest absolute Gasteiger partial charge is 0.381 e. The van der Waals surface area contributed by atoms with Crippen LogP contribution in [-0.2, 0) is 20.9 Å². The summed E-state index contributed by atoms with van der Waals surface area (Å²) in [5.74, 6) is 0.678. The van der Waals surface area contributed by atoms with E-state index in [1.54, 1.807) is 0 Å². The zero-order chi connectivity index (χ0) is 12.9. The van der Waals surface area contributed by atoms with E-state index in [1.807, 2.05) is 58.0 Å². The fourth-order valence-corrected chi connectivity index (χ4v) is 4.03. The molecular weight excluding hydrogens is 255 g/mol. The Morgan fingerprint density at radius 3 is 1.82 bits per heavy atom. The molecule has 0 atom stereocenters. The predicted molar refractivity (Wildman–Crippen MR) is 73.8 cm³/mol. The summed E-state index contributed by atoms with van der Waals surface area (Å²) in [6, 6.07) is 9.38. The van der Waals surface area contributed by atoms with Gasteiger partial charge in [0.2, 0.25) is 0 Å². The molecule has 1 rings (SSSR count). The van der Waals surface area contributed by atoms with E-state index in [0.717, 1.165) is 0 Å². The molecule has 0 spiro atoms. The number of hydrogen-bond acceptors (Lipinski definition) is 4. The predicted octanol–water partition coefficient (Wildman–Crippen LogP) is 4.14. The van der Waals surface area contributed by atoms with Gasteiger partial charge in [-0.3, -0.25) is 9.05 Å². The van der Waals surface area contributed by atoms with Gasteiger partial charge in [-0.25, -0.2) is 0 Å². The summed E-state index contributed by atoms with van der Waals surface area (Å²) in [6.07, 6.45) is -0.0495. The second-order valence-electron chi connectivity index (χ2n) is 4.16. The first-order chi connectivity index (χ1) is 7.91. The normalized spacial score (nSPS) is 12.1. The monoisotopic (exact) mass is 274 g/mol. The molecule has 1 aromatic rings. The average molecular weight is 274 g/mol. The molecule has 1 aromatic carbocycles. The molecule has 0 N–H and O–H groups in total. The van der Waals surface area contributed by atoms with Gasteiger partial charge in [-0.05, 0) is 39.8 Å². The maximum atomic E-state index is 5.71. The molecule has 96 valence electrons. The van der Waals surface area contributed by atoms with Crippen molar-refractivity contribution in [2.24, 2.45) is 0 Å². The topological polar surface area (TPSA) is 27.7 Å². The van der Waals surface area contributed by atoms with Crippen LogP contribution >= 0.6 is 6.72 Å². The van der Waals surface area contributed by atoms with Gasteiger partial charge < -0.3 is 4.52 Å². The first kappa shape index (κ1) is 14.7. The lowest BCUT2D eigenvalue weighted by Crippen LogP contribution is -2.11. The Labute approximate surface area is 108 Å². The molecule has 5 heteroatoms. The largest absolute Gasteiger partial charge is 0.424 e. The number of para-hydroxylation sites is 1. The van der Waals surface area contributed by atoms with Crippen LogP contribution in [-0.4, -0.2) is 12.2 Å². The van der Waals surface area contributed by atoms with Crippen molar-refractivity contribution in [2.75, 3.05) is 0 Å². The van der Waals surface area contributed by atoms with Gasteiger partial charge in [-0.1, -0.05) is 18.2 Å². The Morgan fingerprint density at radius 2 is 1.41 bits per heavy atom. The molecule has 0 saturated heterocycles. The van der Waals surface area contributed by atoms with E-state index in [2.05, 4.69) is 0 Å². The van der Waals surface area contributed by atoms with Gasteiger partial charge in [-0.15, -0.1) is 0 Å². The van der Waals surface area contributed by atoms with Gasteiger partial charge >= 0.3 is 6.72 Å². The van der Waals surface area contributed by atoms with Gasteiger partial charge in [-0.2, -0.15) is 0 Å². The van der Waals surface area contributed by atoms with Crippen LogP contribution in [0.2, 0.25) is 0 Å². The highest BCUT2D eigenvalue weighted by Crippen LogP contribution is 2.51. The van der Waals surface area contributed by atoms with Gasteiger partial charge in [0.1, 0.15) is 5.75 Å². The van der Waals surface area contributed by atoms with Crippen LogP contribution in [0.15, 0.2) is 30.3 Å². The van der Waals surface area contributed by atoms with E-state index in [1.165, 1.54) is 0 Å². The summed E-state index contributed by atoms with van der Waals surface area (Å²) in [5.41, 5.74) is 0. The van der Waals surface area contributed by atoms with E-state index in [9.17, 15) is 0 Å². The second-order valence-corrected chi connectivity index (χ2v) is 7.00. The number of rotatable bonds is 6. The third-order valence-corrected chi connectivity index (χ3v) is 4.17. The molecule has 0 saturated carbocycles. The van der Waals surface area contributed by atoms with Crippen molar-refractivity contribution in [1.29, 1.82) is 0 Å². The Hall–Kier alpha value is -0.410. The van der Waals surface area contributed by atoms with Crippen LogP contribution in [0.1, 0.15) is 27.7 Å². The molecule has 0 fully saturated rings. The molecule has 0 aromatic heterocycles. The van der Waals surface area contributed by atoms with Crippen LogP contribution in [0.25, 0.3) is 0 Å². The molecule has 3 nitrogen and oxygen atoms in total. The van der Waals surface area contributed by atoms with E-state index >= 15 is 0 Å². The molecule has 0 heterocycles. The van der Waals surface area contributed by atoms with E-state index in [-0.39, 0.29) is 12.2 Å². The van der Waals surface area contributed by atoms with Gasteiger partial charge in [0.05, 0.1) is 12.2 Å². The van der Waals surface area contributed by atoms with Crippen LogP contribution in [0, 0.1) is 0 Å². The highest BCUT2D eigenvalue weighted by molar-refractivity contribution is 8.07. The fourth-order valence-electron chi connectivity index (χ4n) is 1.19. The minimum Gasteiger partial charge on any atom is -0.424 e. The average Bonchev–Trinajstić information content (AvgIpc) is 2.15. The van der Waals surface area contributed by atoms with Crippen molar-refractivity contribution < 1.29 is 13.6 Å². The van der Waals surface area contributed by atoms with Gasteiger partial charge in [0.25, 0.3) is 0 Å². The highest BCUT2D eigenvalue weighted by Gasteiger charge is 2.25. The molecule has 0 aliphatic rings. The Kier molecular flexibility index (Phi) is 5.60. The molecule has 17 heavy (non-hydrogen) atoms. The third-order valence-electron chi connectivity index (χ3n) is 1.64. The Bertz CT molecular complexity index is 365. The minimum absolute atomic E-state index is 0.0247. The minimum atomic E-state index is -2.72. The van der Waals surface area contributed by atoms with Crippen molar-refractivity contribution in [2.45, 2.75) is 39.9 Å². The highest BCUT2D eigenvalue weighted by atomic mass is 32.5. The first-order valence-electron chi connectivity index (χ1n) is 5.63. The van der Waals surface area contributed by atoms with Crippen molar-refractivity contribution in [3.05, 3.63) is 30.3 Å². The molecule has 0 aliphatic heterocycles. The quantitative estimate of drug-likeness (QED) is 0.729. The van der Waals surface area contributed by atoms with Crippen molar-refractivity contribution in [3.8, 4) is 5.75 Å². The van der Waals surface area contributed by atoms with Crippen molar-refractivity contribution in [3.63, 3.8) is 0 Å². The maximum absolute atomic E-state index is 5.71. The summed E-state index contributed by atoms with van der Waals surface area (Å²) in [6.45, 7) is 4.94. The van der Waals surface area contributed by atoms with Gasteiger partial charge in [0.15, 0.2) is 0 Å². The molecule has 0 unspecified atom stereocenters. The van der Waals surface area contributed by atoms with Crippen molar-refractivity contribution in [1.82, 2.24) is 0 Å². The van der Waals surface area contributed by atoms with Gasteiger partial charge in [0, 0.05) is 11.8 Å². The first-order valence-corrected chi connectivity index (χ1v) is 8.18. The van der Waals surface area contributed by atoms with Crippen LogP contribution in [0.4, 0.5) is 0 Å². The molecule has 0 radical (unpaired) electrons. The summed E-state index contributed by atoms with van der Waals surface area (Å²) < 4.78 is 17.0. The van der Waals surface area contributed by atoms with E-state index in [0.29, 0.717) is 5.75 Å². The Morgan fingerprint density at radius 1 is 0.941 bits per heavy atom. The van der Waals surface area contributed by atoms with Crippen LogP contribution in [0.3, 0.4) is 0 Å². The lowest BCUT2D eigenvalue weighted by Gasteiger charge is -2.25. The second kappa shape index (κ2) is 6.50. The molecule has 0 amide bonds. The maximum Gasteiger partial charge on any atom is 0.381 e. The lowest BCUT2D eigenvalue weighted by molar-refractivity contribution is 0.141.